The highest BCUT2D eigenvalue weighted by atomic mass is 19.1. The monoisotopic (exact) mass is 398 g/mol. The maximum absolute atomic E-state index is 13.4. The fourth-order valence-corrected chi connectivity index (χ4v) is 2.93. The molecule has 0 aliphatic carbocycles. The Kier molecular flexibility index (Phi) is 6.07. The summed E-state index contributed by atoms with van der Waals surface area (Å²) in [6, 6.07) is 9.60. The third kappa shape index (κ3) is 4.87. The summed E-state index contributed by atoms with van der Waals surface area (Å²) in [4.78, 5) is 35.9. The minimum Gasteiger partial charge on any atom is -0.466 e. The Bertz CT molecular complexity index is 1130. The van der Waals surface area contributed by atoms with Crippen LogP contribution in [0.4, 0.5) is 4.39 Å². The van der Waals surface area contributed by atoms with E-state index in [9.17, 15) is 18.8 Å². The zero-order chi connectivity index (χ0) is 21.0. The highest BCUT2D eigenvalue weighted by molar-refractivity contribution is 5.92. The number of esters is 2. The Hall–Kier alpha value is -3.48. The number of fused-ring (bicyclic) bond motifs is 1. The summed E-state index contributed by atoms with van der Waals surface area (Å²) in [7, 11) is 0. The van der Waals surface area contributed by atoms with E-state index in [0.717, 1.165) is 6.07 Å². The first-order chi connectivity index (χ1) is 13.9. The van der Waals surface area contributed by atoms with Crippen molar-refractivity contribution in [1.82, 2.24) is 0 Å². The molecule has 0 amide bonds. The molecule has 0 atom stereocenters. The number of rotatable bonds is 6. The lowest BCUT2D eigenvalue weighted by Crippen LogP contribution is -2.12. The van der Waals surface area contributed by atoms with Crippen LogP contribution in [0.25, 0.3) is 11.0 Å². The lowest BCUT2D eigenvalue weighted by molar-refractivity contribution is -0.143. The quantitative estimate of drug-likeness (QED) is 0.355. The van der Waals surface area contributed by atoms with Crippen molar-refractivity contribution >= 4 is 22.9 Å². The van der Waals surface area contributed by atoms with E-state index in [1.807, 2.05) is 0 Å². The van der Waals surface area contributed by atoms with Crippen LogP contribution in [0.2, 0.25) is 0 Å². The summed E-state index contributed by atoms with van der Waals surface area (Å²) < 4.78 is 29.0. The van der Waals surface area contributed by atoms with Gasteiger partial charge in [-0.1, -0.05) is 6.07 Å². The highest BCUT2D eigenvalue weighted by Gasteiger charge is 2.17. The minimum absolute atomic E-state index is 0.0344. The predicted molar refractivity (Wildman–Crippen MR) is 104 cm³/mol. The van der Waals surface area contributed by atoms with Crippen molar-refractivity contribution in [1.29, 1.82) is 0 Å². The summed E-state index contributed by atoms with van der Waals surface area (Å²) in [5, 5.41) is 0.661. The summed E-state index contributed by atoms with van der Waals surface area (Å²) >= 11 is 0. The summed E-state index contributed by atoms with van der Waals surface area (Å²) in [6.07, 6.45) is 0.332. The topological polar surface area (TPSA) is 82.8 Å². The molecule has 0 aliphatic rings. The van der Waals surface area contributed by atoms with Crippen molar-refractivity contribution in [2.45, 2.75) is 26.7 Å². The van der Waals surface area contributed by atoms with Crippen LogP contribution in [-0.4, -0.2) is 18.5 Å². The molecule has 0 radical (unpaired) electrons. The second-order valence-electron chi connectivity index (χ2n) is 6.41. The fourth-order valence-electron chi connectivity index (χ4n) is 2.93. The van der Waals surface area contributed by atoms with E-state index in [0.29, 0.717) is 16.5 Å². The lowest BCUT2D eigenvalue weighted by Gasteiger charge is -2.12. The Morgan fingerprint density at radius 2 is 1.93 bits per heavy atom. The number of carbonyl (C=O) groups excluding carboxylic acids is 2. The first-order valence-electron chi connectivity index (χ1n) is 9.08. The first kappa shape index (κ1) is 20.3. The number of ether oxygens (including phenoxy) is 2. The van der Waals surface area contributed by atoms with E-state index >= 15 is 0 Å². The smallest absolute Gasteiger partial charge is 0.343 e. The molecule has 0 saturated carbocycles. The normalized spacial score (nSPS) is 10.7. The van der Waals surface area contributed by atoms with E-state index < -0.39 is 17.4 Å². The molecule has 2 aromatic carbocycles. The molecule has 0 bridgehead atoms. The standard InChI is InChI=1S/C22H19FO6/c1-3-27-20(24)8-7-14-11-17-13(2)9-21(25)28-19(17)12-18(14)29-22(26)15-5-4-6-16(23)10-15/h4-6,9-12H,3,7-8H2,1-2H3. The number of aryl methyl sites for hydroxylation is 2. The molecule has 7 heteroatoms. The second kappa shape index (κ2) is 8.68. The van der Waals surface area contributed by atoms with Crippen molar-refractivity contribution in [3.05, 3.63) is 75.4 Å². The van der Waals surface area contributed by atoms with Gasteiger partial charge >= 0.3 is 17.6 Å². The summed E-state index contributed by atoms with van der Waals surface area (Å²) in [5.41, 5.74) is 1.00. The van der Waals surface area contributed by atoms with Gasteiger partial charge in [0.05, 0.1) is 12.2 Å². The molecular weight excluding hydrogens is 379 g/mol. The van der Waals surface area contributed by atoms with Crippen molar-refractivity contribution in [3.8, 4) is 5.75 Å². The van der Waals surface area contributed by atoms with Crippen LogP contribution in [-0.2, 0) is 16.0 Å². The maximum Gasteiger partial charge on any atom is 0.343 e. The van der Waals surface area contributed by atoms with E-state index in [4.69, 9.17) is 13.9 Å². The molecule has 0 aliphatic heterocycles. The van der Waals surface area contributed by atoms with Crippen LogP contribution < -0.4 is 10.4 Å². The zero-order valence-corrected chi connectivity index (χ0v) is 16.0. The van der Waals surface area contributed by atoms with Crippen LogP contribution >= 0.6 is 0 Å². The molecule has 150 valence electrons. The highest BCUT2D eigenvalue weighted by Crippen LogP contribution is 2.29. The first-order valence-corrected chi connectivity index (χ1v) is 9.08. The largest absolute Gasteiger partial charge is 0.466 e. The van der Waals surface area contributed by atoms with Crippen molar-refractivity contribution < 1.29 is 27.9 Å². The Morgan fingerprint density at radius 3 is 2.66 bits per heavy atom. The molecule has 1 heterocycles. The maximum atomic E-state index is 13.4. The van der Waals surface area contributed by atoms with Crippen LogP contribution in [0, 0.1) is 12.7 Å². The van der Waals surface area contributed by atoms with Gasteiger partial charge in [0.25, 0.3) is 0 Å². The number of carbonyl (C=O) groups is 2. The molecule has 6 nitrogen and oxygen atoms in total. The van der Waals surface area contributed by atoms with E-state index in [-0.39, 0.29) is 42.3 Å². The van der Waals surface area contributed by atoms with Gasteiger partial charge in [0.15, 0.2) is 0 Å². The predicted octanol–water partition coefficient (Wildman–Crippen LogP) is 3.96. The number of halogens is 1. The molecule has 1 aromatic heterocycles. The van der Waals surface area contributed by atoms with Crippen LogP contribution in [0.15, 0.2) is 51.7 Å². The molecule has 0 saturated heterocycles. The molecule has 0 fully saturated rings. The number of hydrogen-bond donors (Lipinski definition) is 0. The zero-order valence-electron chi connectivity index (χ0n) is 16.0. The Balaban J connectivity index is 1.99. The van der Waals surface area contributed by atoms with Gasteiger partial charge in [-0.3, -0.25) is 4.79 Å². The third-order valence-electron chi connectivity index (χ3n) is 4.30. The average molecular weight is 398 g/mol. The van der Waals surface area contributed by atoms with Gasteiger partial charge in [0.2, 0.25) is 0 Å². The van der Waals surface area contributed by atoms with Gasteiger partial charge in [-0.05, 0) is 55.7 Å². The van der Waals surface area contributed by atoms with Crippen molar-refractivity contribution in [3.63, 3.8) is 0 Å². The molecule has 29 heavy (non-hydrogen) atoms. The van der Waals surface area contributed by atoms with Crippen LogP contribution in [0.1, 0.15) is 34.8 Å². The van der Waals surface area contributed by atoms with E-state index in [1.54, 1.807) is 19.9 Å². The van der Waals surface area contributed by atoms with Crippen molar-refractivity contribution in [2.75, 3.05) is 6.61 Å². The van der Waals surface area contributed by atoms with Gasteiger partial charge in [-0.25, -0.2) is 14.0 Å². The molecule has 3 rings (SSSR count). The van der Waals surface area contributed by atoms with E-state index in [2.05, 4.69) is 0 Å². The third-order valence-corrected chi connectivity index (χ3v) is 4.30. The molecule has 3 aromatic rings. The number of benzene rings is 2. The van der Waals surface area contributed by atoms with Gasteiger partial charge < -0.3 is 13.9 Å². The molecule has 0 spiro atoms. The summed E-state index contributed by atoms with van der Waals surface area (Å²) in [6.45, 7) is 3.74. The van der Waals surface area contributed by atoms with Gasteiger partial charge in [-0.15, -0.1) is 0 Å². The fraction of sp³-hybridized carbons (Fsp3) is 0.227. The molecule has 0 unspecified atom stereocenters. The Labute approximate surface area is 165 Å². The van der Waals surface area contributed by atoms with Gasteiger partial charge in [0, 0.05) is 23.9 Å². The van der Waals surface area contributed by atoms with Crippen LogP contribution in [0.3, 0.4) is 0 Å². The Morgan fingerprint density at radius 1 is 1.14 bits per heavy atom. The SMILES string of the molecule is CCOC(=O)CCc1cc2c(C)cc(=O)oc2cc1OC(=O)c1cccc(F)c1. The minimum atomic E-state index is -0.767. The van der Waals surface area contributed by atoms with Crippen molar-refractivity contribution in [2.24, 2.45) is 0 Å². The summed E-state index contributed by atoms with van der Waals surface area (Å²) in [5.74, 6) is -1.59. The van der Waals surface area contributed by atoms with E-state index in [1.165, 1.54) is 30.3 Å². The van der Waals surface area contributed by atoms with Gasteiger partial charge in [0.1, 0.15) is 17.1 Å². The number of hydrogen-bond acceptors (Lipinski definition) is 6. The average Bonchev–Trinajstić information content (AvgIpc) is 2.66. The lowest BCUT2D eigenvalue weighted by atomic mass is 10.0. The van der Waals surface area contributed by atoms with Gasteiger partial charge in [-0.2, -0.15) is 0 Å². The molecule has 0 N–H and O–H groups in total. The van der Waals surface area contributed by atoms with Crippen LogP contribution in [0.5, 0.6) is 5.75 Å². The second-order valence-corrected chi connectivity index (χ2v) is 6.41. The molecular formula is C22H19FO6.